The number of aromatic nitrogens is 3. The SMILES string of the molecule is C=CC(=O)Nc1ccc(CCc2nc(NC)[nH]c3nc(=O)c(-c4cc(OC)cc(OC)c4Cl)cc2-3)cc1. The number of nitrogens with one attached hydrogen (secondary N) is 3. The summed E-state index contributed by atoms with van der Waals surface area (Å²) in [5.74, 6) is 1.53. The van der Waals surface area contributed by atoms with Crippen LogP contribution in [-0.4, -0.2) is 42.1 Å². The maximum Gasteiger partial charge on any atom is 0.279 e. The van der Waals surface area contributed by atoms with Gasteiger partial charge in [-0.15, -0.1) is 0 Å². The van der Waals surface area contributed by atoms with E-state index in [1.54, 1.807) is 25.2 Å². The maximum absolute atomic E-state index is 13.1. The molecule has 0 spiro atoms. The highest BCUT2D eigenvalue weighted by atomic mass is 35.5. The Kier molecular flexibility index (Phi) is 7.74. The molecule has 1 amide bonds. The van der Waals surface area contributed by atoms with Crippen LogP contribution in [0, 0.1) is 0 Å². The lowest BCUT2D eigenvalue weighted by atomic mass is 9.99. The van der Waals surface area contributed by atoms with E-state index < -0.39 is 5.56 Å². The predicted octanol–water partition coefficient (Wildman–Crippen LogP) is 4.56. The summed E-state index contributed by atoms with van der Waals surface area (Å²) in [4.78, 5) is 36.6. The summed E-state index contributed by atoms with van der Waals surface area (Å²) in [6.45, 7) is 3.46. The molecule has 2 aliphatic heterocycles. The van der Waals surface area contributed by atoms with Crippen LogP contribution in [0.3, 0.4) is 0 Å². The van der Waals surface area contributed by atoms with Gasteiger partial charge >= 0.3 is 0 Å². The Bertz CT molecular complexity index is 1480. The van der Waals surface area contributed by atoms with Crippen LogP contribution in [0.15, 0.2) is 59.9 Å². The molecule has 0 aromatic heterocycles. The summed E-state index contributed by atoms with van der Waals surface area (Å²) in [6.07, 6.45) is 2.47. The van der Waals surface area contributed by atoms with Crippen molar-refractivity contribution in [1.29, 1.82) is 0 Å². The molecular formula is C27H26ClN5O4. The lowest BCUT2D eigenvalue weighted by Gasteiger charge is -2.16. The molecule has 0 saturated carbocycles. The molecule has 0 saturated heterocycles. The van der Waals surface area contributed by atoms with Crippen molar-refractivity contribution in [2.45, 2.75) is 12.8 Å². The number of aromatic amines is 1. The smallest absolute Gasteiger partial charge is 0.279 e. The molecule has 3 N–H and O–H groups in total. The topological polar surface area (TPSA) is 118 Å². The standard InChI is InChI=1S/C27H26ClN5O4/c1-5-23(34)30-16-9-6-15(7-10-16)8-11-21-20-14-19(26(35)32-25(20)33-27(29-2)31-21)18-12-17(36-3)13-22(37-4)24(18)28/h5-7,9-10,12-14H,1,8,11H2,2-4H3,(H,30,34)(H2,29,31,32,33,35). The Labute approximate surface area is 218 Å². The minimum absolute atomic E-state index is 0.265. The maximum atomic E-state index is 13.1. The van der Waals surface area contributed by atoms with Crippen LogP contribution in [0.4, 0.5) is 11.6 Å². The van der Waals surface area contributed by atoms with Gasteiger partial charge in [-0.25, -0.2) is 4.98 Å². The lowest BCUT2D eigenvalue weighted by Crippen LogP contribution is -2.16. The van der Waals surface area contributed by atoms with Crippen molar-refractivity contribution in [2.75, 3.05) is 31.9 Å². The molecule has 0 aliphatic carbocycles. The van der Waals surface area contributed by atoms with Crippen molar-refractivity contribution in [2.24, 2.45) is 0 Å². The third-order valence-electron chi connectivity index (χ3n) is 5.83. The van der Waals surface area contributed by atoms with Crippen LogP contribution < -0.4 is 25.7 Å². The van der Waals surface area contributed by atoms with E-state index in [1.165, 1.54) is 20.3 Å². The first-order valence-electron chi connectivity index (χ1n) is 11.4. The van der Waals surface area contributed by atoms with Gasteiger partial charge in [0.15, 0.2) is 0 Å². The third-order valence-corrected chi connectivity index (χ3v) is 6.22. The molecule has 0 fully saturated rings. The van der Waals surface area contributed by atoms with Crippen LogP contribution in [0.25, 0.3) is 22.5 Å². The predicted molar refractivity (Wildman–Crippen MR) is 145 cm³/mol. The number of anilines is 2. The normalized spacial score (nSPS) is 10.7. The first-order chi connectivity index (χ1) is 17.9. The molecule has 9 nitrogen and oxygen atoms in total. The van der Waals surface area contributed by atoms with E-state index in [2.05, 4.69) is 27.2 Å². The van der Waals surface area contributed by atoms with Gasteiger partial charge in [0.1, 0.15) is 17.3 Å². The van der Waals surface area contributed by atoms with E-state index in [4.69, 9.17) is 26.1 Å². The number of amides is 1. The number of carbonyl (C=O) groups excluding carboxylic acids is 1. The highest BCUT2D eigenvalue weighted by Gasteiger charge is 2.21. The Morgan fingerprint density at radius 1 is 1.05 bits per heavy atom. The second-order valence-corrected chi connectivity index (χ2v) is 8.48. The molecule has 0 bridgehead atoms. The third kappa shape index (κ3) is 5.57. The number of methoxy groups -OCH3 is 2. The minimum atomic E-state index is -0.447. The number of H-pyrrole nitrogens is 1. The summed E-state index contributed by atoms with van der Waals surface area (Å²) in [5.41, 5.74) is 3.51. The van der Waals surface area contributed by atoms with E-state index in [9.17, 15) is 9.59 Å². The molecule has 190 valence electrons. The van der Waals surface area contributed by atoms with Crippen LogP contribution in [0.2, 0.25) is 5.02 Å². The number of ether oxygens (including phenoxy) is 2. The lowest BCUT2D eigenvalue weighted by molar-refractivity contribution is -0.111. The average molecular weight is 520 g/mol. The van der Waals surface area contributed by atoms with Gasteiger partial charge in [-0.2, -0.15) is 4.98 Å². The molecule has 0 atom stereocenters. The molecule has 2 aromatic carbocycles. The van der Waals surface area contributed by atoms with Crippen molar-refractivity contribution in [3.8, 4) is 34.0 Å². The number of nitrogens with zero attached hydrogens (tertiary/aromatic N) is 2. The zero-order valence-electron chi connectivity index (χ0n) is 20.6. The highest BCUT2D eigenvalue weighted by Crippen LogP contribution is 2.39. The van der Waals surface area contributed by atoms with Gasteiger partial charge in [0.05, 0.1) is 30.5 Å². The van der Waals surface area contributed by atoms with Crippen molar-refractivity contribution in [3.05, 3.63) is 81.8 Å². The second kappa shape index (κ2) is 11.1. The number of benzene rings is 2. The summed E-state index contributed by atoms with van der Waals surface area (Å²) >= 11 is 6.57. The van der Waals surface area contributed by atoms with E-state index in [1.807, 2.05) is 24.3 Å². The molecule has 2 heterocycles. The Hall–Kier alpha value is -4.37. The monoisotopic (exact) mass is 519 g/mol. The molecule has 37 heavy (non-hydrogen) atoms. The highest BCUT2D eigenvalue weighted by molar-refractivity contribution is 6.35. The molecule has 10 heteroatoms. The Morgan fingerprint density at radius 3 is 2.46 bits per heavy atom. The summed E-state index contributed by atoms with van der Waals surface area (Å²) in [7, 11) is 4.76. The molecule has 0 radical (unpaired) electrons. The average Bonchev–Trinajstić information content (AvgIpc) is 2.92. The van der Waals surface area contributed by atoms with E-state index in [-0.39, 0.29) is 10.9 Å². The number of hydrogen-bond donors (Lipinski definition) is 3. The van der Waals surface area contributed by atoms with Crippen LogP contribution in [0.1, 0.15) is 11.3 Å². The number of fused-ring (bicyclic) bond motifs is 1. The van der Waals surface area contributed by atoms with E-state index in [0.29, 0.717) is 58.5 Å². The summed E-state index contributed by atoms with van der Waals surface area (Å²) in [5, 5.41) is 6.00. The summed E-state index contributed by atoms with van der Waals surface area (Å²) in [6, 6.07) is 12.6. The van der Waals surface area contributed by atoms with E-state index in [0.717, 1.165) is 11.3 Å². The van der Waals surface area contributed by atoms with Crippen molar-refractivity contribution in [3.63, 3.8) is 0 Å². The number of rotatable bonds is 9. The van der Waals surface area contributed by atoms with Crippen molar-refractivity contribution < 1.29 is 14.3 Å². The van der Waals surface area contributed by atoms with Gasteiger partial charge in [0.2, 0.25) is 11.9 Å². The fraction of sp³-hybridized carbons (Fsp3) is 0.185. The summed E-state index contributed by atoms with van der Waals surface area (Å²) < 4.78 is 10.7. The zero-order valence-corrected chi connectivity index (χ0v) is 21.4. The molecule has 0 unspecified atom stereocenters. The zero-order chi connectivity index (χ0) is 26.5. The quantitative estimate of drug-likeness (QED) is 0.277. The second-order valence-electron chi connectivity index (χ2n) is 8.10. The fourth-order valence-corrected chi connectivity index (χ4v) is 4.18. The van der Waals surface area contributed by atoms with Crippen LogP contribution >= 0.6 is 11.6 Å². The van der Waals surface area contributed by atoms with Gasteiger partial charge in [0.25, 0.3) is 5.56 Å². The van der Waals surface area contributed by atoms with Gasteiger partial charge < -0.3 is 25.1 Å². The van der Waals surface area contributed by atoms with Crippen LogP contribution in [0.5, 0.6) is 11.5 Å². The first-order valence-corrected chi connectivity index (χ1v) is 11.8. The van der Waals surface area contributed by atoms with Crippen molar-refractivity contribution in [1.82, 2.24) is 15.0 Å². The molecule has 2 aliphatic rings. The molecule has 4 rings (SSSR count). The Morgan fingerprint density at radius 2 is 1.81 bits per heavy atom. The fourth-order valence-electron chi connectivity index (χ4n) is 3.89. The minimum Gasteiger partial charge on any atom is -0.497 e. The van der Waals surface area contributed by atoms with Gasteiger partial charge in [-0.05, 0) is 48.7 Å². The number of aryl methyl sites for hydroxylation is 2. The number of pyridine rings is 1. The number of hydrogen-bond acceptors (Lipinski definition) is 7. The van der Waals surface area contributed by atoms with E-state index >= 15 is 0 Å². The van der Waals surface area contributed by atoms with Gasteiger partial charge in [-0.1, -0.05) is 30.3 Å². The largest absolute Gasteiger partial charge is 0.497 e. The van der Waals surface area contributed by atoms with Gasteiger partial charge in [0, 0.05) is 29.9 Å². The number of carbonyl (C=O) groups is 1. The molecular weight excluding hydrogens is 494 g/mol. The van der Waals surface area contributed by atoms with Crippen molar-refractivity contribution >= 4 is 29.1 Å². The molecule has 2 aromatic rings. The van der Waals surface area contributed by atoms with Gasteiger partial charge in [-0.3, -0.25) is 9.59 Å². The number of halogens is 1. The van der Waals surface area contributed by atoms with Crippen LogP contribution in [-0.2, 0) is 17.6 Å². The first kappa shape index (κ1) is 25.7. The Balaban J connectivity index is 1.73.